The van der Waals surface area contributed by atoms with Gasteiger partial charge in [-0.3, -0.25) is 4.79 Å². The second kappa shape index (κ2) is 6.16. The maximum atomic E-state index is 12.1. The van der Waals surface area contributed by atoms with Crippen LogP contribution in [0.5, 0.6) is 0 Å². The van der Waals surface area contributed by atoms with Crippen molar-refractivity contribution in [1.82, 2.24) is 0 Å². The minimum Gasteiger partial charge on any atom is -0.322 e. The Morgan fingerprint density at radius 1 is 1.05 bits per heavy atom. The number of rotatable bonds is 4. The fourth-order valence-corrected chi connectivity index (χ4v) is 2.05. The number of benzene rings is 2. The molecule has 0 aromatic heterocycles. The smallest absolute Gasteiger partial charge is 0.241 e. The quantitative estimate of drug-likeness (QED) is 0.911. The van der Waals surface area contributed by atoms with Crippen LogP contribution in [0.4, 0.5) is 5.69 Å². The Balaban J connectivity index is 2.32. The van der Waals surface area contributed by atoms with E-state index >= 15 is 0 Å². The van der Waals surface area contributed by atoms with Gasteiger partial charge in [-0.1, -0.05) is 48.5 Å². The van der Waals surface area contributed by atoms with Gasteiger partial charge in [0.2, 0.25) is 5.91 Å². The summed E-state index contributed by atoms with van der Waals surface area (Å²) in [6, 6.07) is 17.8. The van der Waals surface area contributed by atoms with Gasteiger partial charge in [-0.2, -0.15) is 0 Å². The normalized spacial score (nSPS) is 10.2. The lowest BCUT2D eigenvalue weighted by atomic mass is 10.1. The van der Waals surface area contributed by atoms with Crippen LogP contribution in [0.3, 0.4) is 0 Å². The average Bonchev–Trinajstić information content (AvgIpc) is 2.46. The number of hydrogen-bond donors (Lipinski definition) is 1. The third-order valence-electron chi connectivity index (χ3n) is 3.07. The third kappa shape index (κ3) is 3.20. The molecule has 3 nitrogen and oxygen atoms in total. The van der Waals surface area contributed by atoms with Gasteiger partial charge in [0.15, 0.2) is 0 Å². The number of hydrogen-bond acceptors (Lipinski definition) is 2. The van der Waals surface area contributed by atoms with Crippen LogP contribution in [0.1, 0.15) is 11.1 Å². The molecule has 0 heterocycles. The Morgan fingerprint density at radius 3 is 2.32 bits per heavy atom. The molecule has 1 amide bonds. The van der Waals surface area contributed by atoms with Crippen molar-refractivity contribution < 1.29 is 4.79 Å². The van der Waals surface area contributed by atoms with Gasteiger partial charge in [0.05, 0.1) is 13.1 Å². The fraction of sp³-hybridized carbons (Fsp3) is 0.188. The summed E-state index contributed by atoms with van der Waals surface area (Å²) in [5.41, 5.74) is 8.60. The van der Waals surface area contributed by atoms with Crippen molar-refractivity contribution >= 4 is 11.6 Å². The molecule has 2 N–H and O–H groups in total. The largest absolute Gasteiger partial charge is 0.322 e. The SMILES string of the molecule is Cc1ccccc1N(Cc1ccccc1)C(=O)CN. The first-order valence-electron chi connectivity index (χ1n) is 6.32. The zero-order valence-corrected chi connectivity index (χ0v) is 11.0. The number of aryl methyl sites for hydroxylation is 1. The van der Waals surface area contributed by atoms with Crippen molar-refractivity contribution in [2.24, 2.45) is 5.73 Å². The number of anilines is 1. The molecule has 2 aromatic carbocycles. The first kappa shape index (κ1) is 13.3. The van der Waals surface area contributed by atoms with Crippen LogP contribution in [0.25, 0.3) is 0 Å². The van der Waals surface area contributed by atoms with Crippen LogP contribution in [0, 0.1) is 6.92 Å². The van der Waals surface area contributed by atoms with E-state index in [-0.39, 0.29) is 12.5 Å². The second-order valence-corrected chi connectivity index (χ2v) is 4.46. The summed E-state index contributed by atoms with van der Waals surface area (Å²) in [6.07, 6.45) is 0. The van der Waals surface area contributed by atoms with Gasteiger partial charge in [0.1, 0.15) is 0 Å². The van der Waals surface area contributed by atoms with Crippen molar-refractivity contribution in [1.29, 1.82) is 0 Å². The summed E-state index contributed by atoms with van der Waals surface area (Å²) in [5, 5.41) is 0. The van der Waals surface area contributed by atoms with Crippen LogP contribution in [0.15, 0.2) is 54.6 Å². The summed E-state index contributed by atoms with van der Waals surface area (Å²) in [4.78, 5) is 13.8. The van der Waals surface area contributed by atoms with E-state index < -0.39 is 0 Å². The summed E-state index contributed by atoms with van der Waals surface area (Å²) < 4.78 is 0. The van der Waals surface area contributed by atoms with Crippen molar-refractivity contribution in [3.63, 3.8) is 0 Å². The zero-order chi connectivity index (χ0) is 13.7. The lowest BCUT2D eigenvalue weighted by Gasteiger charge is -2.24. The number of carbonyl (C=O) groups excluding carboxylic acids is 1. The van der Waals surface area contributed by atoms with E-state index in [4.69, 9.17) is 5.73 Å². The highest BCUT2D eigenvalue weighted by molar-refractivity contribution is 5.95. The summed E-state index contributed by atoms with van der Waals surface area (Å²) in [5.74, 6) is -0.0712. The number of amides is 1. The lowest BCUT2D eigenvalue weighted by molar-refractivity contribution is -0.117. The fourth-order valence-electron chi connectivity index (χ4n) is 2.05. The van der Waals surface area contributed by atoms with Gasteiger partial charge in [0.25, 0.3) is 0 Å². The molecular formula is C16H18N2O. The first-order valence-corrected chi connectivity index (χ1v) is 6.32. The van der Waals surface area contributed by atoms with E-state index in [0.717, 1.165) is 16.8 Å². The molecule has 0 fully saturated rings. The Kier molecular flexibility index (Phi) is 4.31. The molecule has 19 heavy (non-hydrogen) atoms. The zero-order valence-electron chi connectivity index (χ0n) is 11.0. The summed E-state index contributed by atoms with van der Waals surface area (Å²) in [7, 11) is 0. The highest BCUT2D eigenvalue weighted by atomic mass is 16.2. The first-order chi connectivity index (χ1) is 9.22. The van der Waals surface area contributed by atoms with Crippen LogP contribution in [0.2, 0.25) is 0 Å². The standard InChI is InChI=1S/C16H18N2O/c1-13-7-5-6-10-15(13)18(16(19)11-17)12-14-8-3-2-4-9-14/h2-10H,11-12,17H2,1H3. The van der Waals surface area contributed by atoms with Gasteiger partial charge in [-0.15, -0.1) is 0 Å². The molecule has 0 spiro atoms. The second-order valence-electron chi connectivity index (χ2n) is 4.46. The molecular weight excluding hydrogens is 236 g/mol. The minimum absolute atomic E-state index is 0.0150. The van der Waals surface area contributed by atoms with E-state index in [9.17, 15) is 4.79 Å². The molecule has 3 heteroatoms. The number of nitrogens with zero attached hydrogens (tertiary/aromatic N) is 1. The van der Waals surface area contributed by atoms with Gasteiger partial charge in [-0.05, 0) is 24.1 Å². The maximum absolute atomic E-state index is 12.1. The molecule has 0 radical (unpaired) electrons. The third-order valence-corrected chi connectivity index (χ3v) is 3.07. The molecule has 0 aliphatic rings. The van der Waals surface area contributed by atoms with Gasteiger partial charge in [0, 0.05) is 5.69 Å². The number of carbonyl (C=O) groups is 1. The maximum Gasteiger partial charge on any atom is 0.241 e. The van der Waals surface area contributed by atoms with E-state index in [1.54, 1.807) is 4.90 Å². The van der Waals surface area contributed by atoms with E-state index in [1.165, 1.54) is 0 Å². The highest BCUT2D eigenvalue weighted by Gasteiger charge is 2.16. The topological polar surface area (TPSA) is 46.3 Å². The van der Waals surface area contributed by atoms with Gasteiger partial charge < -0.3 is 10.6 Å². The molecule has 98 valence electrons. The molecule has 0 unspecified atom stereocenters. The van der Waals surface area contributed by atoms with Crippen LogP contribution < -0.4 is 10.6 Å². The molecule has 0 atom stereocenters. The van der Waals surface area contributed by atoms with E-state index in [1.807, 2.05) is 61.5 Å². The van der Waals surface area contributed by atoms with Crippen LogP contribution >= 0.6 is 0 Å². The van der Waals surface area contributed by atoms with Gasteiger partial charge >= 0.3 is 0 Å². The number of nitrogens with two attached hydrogens (primary N) is 1. The van der Waals surface area contributed by atoms with Gasteiger partial charge in [-0.25, -0.2) is 0 Å². The van der Waals surface area contributed by atoms with Crippen molar-refractivity contribution in [3.05, 3.63) is 65.7 Å². The number of para-hydroxylation sites is 1. The Hall–Kier alpha value is -2.13. The molecule has 0 aliphatic carbocycles. The predicted molar refractivity (Wildman–Crippen MR) is 77.9 cm³/mol. The molecule has 2 rings (SSSR count). The average molecular weight is 254 g/mol. The van der Waals surface area contributed by atoms with E-state index in [2.05, 4.69) is 0 Å². The molecule has 0 saturated carbocycles. The Bertz CT molecular complexity index is 552. The lowest BCUT2D eigenvalue weighted by Crippen LogP contribution is -2.36. The predicted octanol–water partition coefficient (Wildman–Crippen LogP) is 2.49. The molecule has 0 saturated heterocycles. The Labute approximate surface area is 113 Å². The summed E-state index contributed by atoms with van der Waals surface area (Å²) >= 11 is 0. The van der Waals surface area contributed by atoms with Crippen molar-refractivity contribution in [2.75, 3.05) is 11.4 Å². The minimum atomic E-state index is -0.0712. The van der Waals surface area contributed by atoms with Crippen molar-refractivity contribution in [3.8, 4) is 0 Å². The van der Waals surface area contributed by atoms with Crippen LogP contribution in [-0.2, 0) is 11.3 Å². The monoisotopic (exact) mass is 254 g/mol. The Morgan fingerprint density at radius 2 is 1.68 bits per heavy atom. The summed E-state index contributed by atoms with van der Waals surface area (Å²) in [6.45, 7) is 2.56. The highest BCUT2D eigenvalue weighted by Crippen LogP contribution is 2.21. The molecule has 0 aliphatic heterocycles. The van der Waals surface area contributed by atoms with Crippen LogP contribution in [-0.4, -0.2) is 12.5 Å². The molecule has 2 aromatic rings. The van der Waals surface area contributed by atoms with E-state index in [0.29, 0.717) is 6.54 Å². The molecule has 0 bridgehead atoms. The van der Waals surface area contributed by atoms with Crippen molar-refractivity contribution in [2.45, 2.75) is 13.5 Å².